The van der Waals surface area contributed by atoms with Gasteiger partial charge >= 0.3 is 0 Å². The molecule has 0 aromatic carbocycles. The van der Waals surface area contributed by atoms with Gasteiger partial charge in [-0.1, -0.05) is 6.92 Å². The molecule has 2 heteroatoms. The van der Waals surface area contributed by atoms with Crippen LogP contribution in [0.4, 0.5) is 0 Å². The average molecular weight is 156 g/mol. The lowest BCUT2D eigenvalue weighted by molar-refractivity contribution is 0.886. The van der Waals surface area contributed by atoms with E-state index in [1.54, 1.807) is 6.08 Å². The van der Waals surface area contributed by atoms with Crippen LogP contribution in [0.1, 0.15) is 13.8 Å². The van der Waals surface area contributed by atoms with Gasteiger partial charge in [-0.25, -0.2) is 0 Å². The topological polar surface area (TPSA) is 0 Å². The normalized spacial score (nSPS) is 10.9. The van der Waals surface area contributed by atoms with Crippen LogP contribution in [0.15, 0.2) is 11.6 Å². The first kappa shape index (κ1) is 8.74. The highest BCUT2D eigenvalue weighted by Crippen LogP contribution is 2.05. The van der Waals surface area contributed by atoms with E-state index in [2.05, 4.69) is 34.5 Å². The minimum Gasteiger partial charge on any atom is -0.0539 e. The summed E-state index contributed by atoms with van der Waals surface area (Å²) in [4.78, 5) is 0. The van der Waals surface area contributed by atoms with Gasteiger partial charge in [0.1, 0.15) is 0 Å². The van der Waals surface area contributed by atoms with Gasteiger partial charge in [0, 0.05) is 5.92 Å². The second-order valence-electron chi connectivity index (χ2n) is 1.86. The van der Waals surface area contributed by atoms with E-state index in [1.165, 1.54) is 0 Å². The SMILES string of the molecule is CC(=C=S)C(C)C=C=S. The van der Waals surface area contributed by atoms with Crippen molar-refractivity contribution in [3.63, 3.8) is 0 Å². The maximum Gasteiger partial charge on any atom is 0.0115 e. The fraction of sp³-hybridized carbons (Fsp3) is 0.429. The van der Waals surface area contributed by atoms with Crippen LogP contribution in [-0.4, -0.2) is 10.0 Å². The van der Waals surface area contributed by atoms with Gasteiger partial charge in [-0.15, -0.1) is 0 Å². The second-order valence-corrected chi connectivity index (χ2v) is 2.30. The maximum absolute atomic E-state index is 4.60. The van der Waals surface area contributed by atoms with Gasteiger partial charge in [0.2, 0.25) is 0 Å². The Morgan fingerprint density at radius 1 is 1.56 bits per heavy atom. The Kier molecular flexibility index (Phi) is 4.47. The van der Waals surface area contributed by atoms with Crippen molar-refractivity contribution in [2.45, 2.75) is 13.8 Å². The molecule has 0 rings (SSSR count). The van der Waals surface area contributed by atoms with Crippen LogP contribution in [0.5, 0.6) is 0 Å². The van der Waals surface area contributed by atoms with E-state index in [4.69, 9.17) is 0 Å². The van der Waals surface area contributed by atoms with Crippen LogP contribution in [0.25, 0.3) is 0 Å². The summed E-state index contributed by atoms with van der Waals surface area (Å²) < 4.78 is 0. The Bertz CT molecular complexity index is 181. The van der Waals surface area contributed by atoms with Gasteiger partial charge < -0.3 is 0 Å². The molecular formula is C7H8S2. The average Bonchev–Trinajstić information content (AvgIpc) is 1.87. The molecule has 0 saturated carbocycles. The van der Waals surface area contributed by atoms with Crippen molar-refractivity contribution < 1.29 is 0 Å². The molecule has 0 amide bonds. The summed E-state index contributed by atoms with van der Waals surface area (Å²) >= 11 is 9.11. The number of hydrogen-bond donors (Lipinski definition) is 0. The van der Waals surface area contributed by atoms with Crippen LogP contribution >= 0.6 is 24.4 Å². The summed E-state index contributed by atoms with van der Waals surface area (Å²) in [7, 11) is 0. The Morgan fingerprint density at radius 2 is 2.11 bits per heavy atom. The van der Waals surface area contributed by atoms with Gasteiger partial charge in [-0.2, -0.15) is 0 Å². The lowest BCUT2D eigenvalue weighted by Crippen LogP contribution is -1.90. The first-order chi connectivity index (χ1) is 4.22. The molecule has 0 saturated heterocycles. The predicted molar refractivity (Wildman–Crippen MR) is 48.1 cm³/mol. The molecule has 0 bridgehead atoms. The first-order valence-corrected chi connectivity index (χ1v) is 3.46. The lowest BCUT2D eigenvalue weighted by Gasteiger charge is -1.98. The fourth-order valence-electron chi connectivity index (χ4n) is 0.320. The van der Waals surface area contributed by atoms with E-state index in [1.807, 2.05) is 13.8 Å². The molecule has 0 radical (unpaired) electrons. The van der Waals surface area contributed by atoms with E-state index >= 15 is 0 Å². The summed E-state index contributed by atoms with van der Waals surface area (Å²) in [5.41, 5.74) is 1.03. The molecule has 0 aliphatic rings. The molecular weight excluding hydrogens is 148 g/mol. The fourth-order valence-corrected chi connectivity index (χ4v) is 0.710. The molecule has 0 nitrogen and oxygen atoms in total. The molecule has 1 atom stereocenters. The Hall–Kier alpha value is -0.260. The molecule has 0 aromatic rings. The van der Waals surface area contributed by atoms with Gasteiger partial charge in [-0.3, -0.25) is 0 Å². The molecule has 48 valence electrons. The Labute approximate surface area is 66.3 Å². The molecule has 1 unspecified atom stereocenters. The minimum absolute atomic E-state index is 0.292. The third kappa shape index (κ3) is 3.34. The zero-order valence-electron chi connectivity index (χ0n) is 5.47. The second kappa shape index (κ2) is 4.60. The van der Waals surface area contributed by atoms with E-state index in [9.17, 15) is 0 Å². The zero-order valence-corrected chi connectivity index (χ0v) is 7.10. The summed E-state index contributed by atoms with van der Waals surface area (Å²) in [5, 5.41) is 5.17. The van der Waals surface area contributed by atoms with Crippen molar-refractivity contribution in [2.75, 3.05) is 0 Å². The third-order valence-electron chi connectivity index (χ3n) is 1.16. The highest BCUT2D eigenvalue weighted by molar-refractivity contribution is 7.78. The van der Waals surface area contributed by atoms with E-state index in [0.717, 1.165) is 5.57 Å². The monoisotopic (exact) mass is 156 g/mol. The van der Waals surface area contributed by atoms with Gasteiger partial charge in [0.15, 0.2) is 0 Å². The molecule has 0 spiro atoms. The van der Waals surface area contributed by atoms with Crippen molar-refractivity contribution in [1.82, 2.24) is 0 Å². The summed E-state index contributed by atoms with van der Waals surface area (Å²) in [5.74, 6) is 0.292. The summed E-state index contributed by atoms with van der Waals surface area (Å²) in [6.07, 6.45) is 1.80. The standard InChI is InChI=1S/C7H8S2/c1-6(3-4-8)7(2)5-9/h3,6H,1-2H3. The van der Waals surface area contributed by atoms with Crippen LogP contribution in [0.2, 0.25) is 0 Å². The van der Waals surface area contributed by atoms with Gasteiger partial charge in [0.05, 0.1) is 0 Å². The van der Waals surface area contributed by atoms with E-state index in [0.29, 0.717) is 5.92 Å². The van der Waals surface area contributed by atoms with E-state index < -0.39 is 0 Å². The molecule has 0 aliphatic carbocycles. The van der Waals surface area contributed by atoms with Gasteiger partial charge in [-0.05, 0) is 53.1 Å². The van der Waals surface area contributed by atoms with Crippen LogP contribution in [-0.2, 0) is 0 Å². The highest BCUT2D eigenvalue weighted by Gasteiger charge is 1.96. The summed E-state index contributed by atoms with van der Waals surface area (Å²) in [6, 6.07) is 0. The van der Waals surface area contributed by atoms with Crippen molar-refractivity contribution in [3.8, 4) is 0 Å². The van der Waals surface area contributed by atoms with E-state index in [-0.39, 0.29) is 0 Å². The van der Waals surface area contributed by atoms with Crippen LogP contribution < -0.4 is 0 Å². The molecule has 0 heterocycles. The third-order valence-corrected chi connectivity index (χ3v) is 1.62. The number of rotatable bonds is 2. The van der Waals surface area contributed by atoms with Crippen LogP contribution in [0, 0.1) is 5.92 Å². The quantitative estimate of drug-likeness (QED) is 0.563. The maximum atomic E-state index is 4.60. The van der Waals surface area contributed by atoms with Gasteiger partial charge in [0.25, 0.3) is 0 Å². The van der Waals surface area contributed by atoms with Crippen molar-refractivity contribution in [2.24, 2.45) is 5.92 Å². The Balaban J connectivity index is 4.20. The summed E-state index contributed by atoms with van der Waals surface area (Å²) in [6.45, 7) is 3.94. The number of hydrogen-bond acceptors (Lipinski definition) is 2. The molecule has 0 aromatic heterocycles. The highest BCUT2D eigenvalue weighted by atomic mass is 32.1. The number of thiocarbonyl (C=S) groups is 2. The number of allylic oxidation sites excluding steroid dienone is 2. The van der Waals surface area contributed by atoms with Crippen molar-refractivity contribution in [3.05, 3.63) is 11.6 Å². The molecule has 9 heavy (non-hydrogen) atoms. The lowest BCUT2D eigenvalue weighted by atomic mass is 10.1. The van der Waals surface area contributed by atoms with Crippen molar-refractivity contribution >= 4 is 34.5 Å². The molecule has 0 fully saturated rings. The largest absolute Gasteiger partial charge is 0.0539 e. The van der Waals surface area contributed by atoms with Crippen molar-refractivity contribution in [1.29, 1.82) is 0 Å². The smallest absolute Gasteiger partial charge is 0.0115 e. The Morgan fingerprint density at radius 3 is 2.44 bits per heavy atom. The predicted octanol–water partition coefficient (Wildman–Crippen LogP) is 2.32. The van der Waals surface area contributed by atoms with Crippen LogP contribution in [0.3, 0.4) is 0 Å². The minimum atomic E-state index is 0.292. The zero-order chi connectivity index (χ0) is 7.28. The first-order valence-electron chi connectivity index (χ1n) is 2.65. The molecule has 0 N–H and O–H groups in total. The molecule has 0 aliphatic heterocycles.